The molecule has 0 amide bonds. The standard InChI is InChI=1S/C11H13N5S/c1-2-16(11(17)15-12)10-7-13-8-5-3-4-6-9(8)14-10/h3-7H,2,12H2,1H3,(H,15,17). The largest absolute Gasteiger partial charge is 0.301 e. The molecule has 17 heavy (non-hydrogen) atoms. The Morgan fingerprint density at radius 1 is 1.41 bits per heavy atom. The fourth-order valence-corrected chi connectivity index (χ4v) is 1.79. The second kappa shape index (κ2) is 5.03. The average Bonchev–Trinajstić information content (AvgIpc) is 2.39. The van der Waals surface area contributed by atoms with Crippen molar-refractivity contribution >= 4 is 34.2 Å². The van der Waals surface area contributed by atoms with E-state index >= 15 is 0 Å². The molecule has 2 aromatic rings. The number of benzene rings is 1. The number of nitrogens with one attached hydrogen (secondary N) is 1. The number of hydrazine groups is 1. The molecule has 0 aliphatic heterocycles. The summed E-state index contributed by atoms with van der Waals surface area (Å²) in [6.45, 7) is 2.65. The van der Waals surface area contributed by atoms with Crippen LogP contribution in [0, 0.1) is 0 Å². The van der Waals surface area contributed by atoms with E-state index < -0.39 is 0 Å². The molecule has 0 unspecified atom stereocenters. The van der Waals surface area contributed by atoms with Crippen LogP contribution >= 0.6 is 12.2 Å². The highest BCUT2D eigenvalue weighted by Crippen LogP contribution is 2.15. The monoisotopic (exact) mass is 247 g/mol. The van der Waals surface area contributed by atoms with Crippen molar-refractivity contribution in [3.63, 3.8) is 0 Å². The molecule has 0 radical (unpaired) electrons. The highest BCUT2D eigenvalue weighted by molar-refractivity contribution is 7.80. The average molecular weight is 247 g/mol. The number of nitrogens with two attached hydrogens (primary N) is 1. The maximum Gasteiger partial charge on any atom is 0.188 e. The third-order valence-electron chi connectivity index (χ3n) is 2.40. The van der Waals surface area contributed by atoms with Gasteiger partial charge in [0, 0.05) is 6.54 Å². The van der Waals surface area contributed by atoms with Crippen molar-refractivity contribution in [2.24, 2.45) is 5.84 Å². The SMILES string of the molecule is CCN(C(=S)NN)c1cnc2ccccc2n1. The second-order valence-electron chi connectivity index (χ2n) is 3.41. The highest BCUT2D eigenvalue weighted by atomic mass is 32.1. The molecule has 5 nitrogen and oxygen atoms in total. The van der Waals surface area contributed by atoms with Gasteiger partial charge in [-0.3, -0.25) is 4.98 Å². The molecule has 0 spiro atoms. The maximum atomic E-state index is 5.32. The molecular formula is C11H13N5S. The van der Waals surface area contributed by atoms with E-state index in [1.54, 1.807) is 11.1 Å². The summed E-state index contributed by atoms with van der Waals surface area (Å²) in [5.41, 5.74) is 4.15. The summed E-state index contributed by atoms with van der Waals surface area (Å²) in [6.07, 6.45) is 1.69. The Balaban J connectivity index is 2.44. The summed E-state index contributed by atoms with van der Waals surface area (Å²) in [4.78, 5) is 10.6. The van der Waals surface area contributed by atoms with Crippen molar-refractivity contribution in [1.82, 2.24) is 15.4 Å². The number of nitrogens with zero attached hydrogens (tertiary/aromatic N) is 3. The Labute approximate surface area is 105 Å². The number of hydrogen-bond donors (Lipinski definition) is 2. The van der Waals surface area contributed by atoms with Gasteiger partial charge in [0.25, 0.3) is 0 Å². The van der Waals surface area contributed by atoms with Crippen molar-refractivity contribution in [2.45, 2.75) is 6.92 Å². The summed E-state index contributed by atoms with van der Waals surface area (Å²) in [6, 6.07) is 7.69. The zero-order valence-corrected chi connectivity index (χ0v) is 10.2. The number of rotatable bonds is 2. The van der Waals surface area contributed by atoms with Crippen LogP contribution in [0.15, 0.2) is 30.5 Å². The van der Waals surface area contributed by atoms with Crippen LogP contribution in [-0.2, 0) is 0 Å². The summed E-state index contributed by atoms with van der Waals surface area (Å²) in [7, 11) is 0. The van der Waals surface area contributed by atoms with Crippen molar-refractivity contribution < 1.29 is 0 Å². The molecule has 1 aromatic heterocycles. The minimum atomic E-state index is 0.428. The number of anilines is 1. The van der Waals surface area contributed by atoms with E-state index in [0.29, 0.717) is 17.5 Å². The van der Waals surface area contributed by atoms with Crippen molar-refractivity contribution in [1.29, 1.82) is 0 Å². The summed E-state index contributed by atoms with van der Waals surface area (Å²) in [5, 5.41) is 0.428. The zero-order valence-electron chi connectivity index (χ0n) is 9.42. The lowest BCUT2D eigenvalue weighted by Gasteiger charge is -2.21. The molecule has 1 aromatic carbocycles. The Kier molecular flexibility index (Phi) is 3.46. The molecule has 0 saturated heterocycles. The van der Waals surface area contributed by atoms with Crippen LogP contribution in [0.5, 0.6) is 0 Å². The number of fused-ring (bicyclic) bond motifs is 1. The minimum Gasteiger partial charge on any atom is -0.301 e. The van der Waals surface area contributed by atoms with Gasteiger partial charge < -0.3 is 10.3 Å². The van der Waals surface area contributed by atoms with Gasteiger partial charge in [-0.1, -0.05) is 12.1 Å². The molecule has 0 saturated carbocycles. The number of thiocarbonyl (C=S) groups is 1. The van der Waals surface area contributed by atoms with Crippen LogP contribution in [0.3, 0.4) is 0 Å². The fourth-order valence-electron chi connectivity index (χ4n) is 1.57. The van der Waals surface area contributed by atoms with Gasteiger partial charge in [0.15, 0.2) is 10.9 Å². The van der Waals surface area contributed by atoms with Gasteiger partial charge in [-0.25, -0.2) is 10.8 Å². The first-order valence-electron chi connectivity index (χ1n) is 5.26. The highest BCUT2D eigenvalue weighted by Gasteiger charge is 2.11. The first-order valence-corrected chi connectivity index (χ1v) is 5.67. The Morgan fingerprint density at radius 2 is 2.12 bits per heavy atom. The second-order valence-corrected chi connectivity index (χ2v) is 3.80. The van der Waals surface area contributed by atoms with E-state index in [4.69, 9.17) is 18.1 Å². The van der Waals surface area contributed by atoms with E-state index in [-0.39, 0.29) is 0 Å². The van der Waals surface area contributed by atoms with E-state index in [9.17, 15) is 0 Å². The fraction of sp³-hybridized carbons (Fsp3) is 0.182. The van der Waals surface area contributed by atoms with Crippen LogP contribution in [-0.4, -0.2) is 21.6 Å². The van der Waals surface area contributed by atoms with E-state index in [2.05, 4.69) is 15.4 Å². The van der Waals surface area contributed by atoms with Crippen molar-refractivity contribution in [3.05, 3.63) is 30.5 Å². The van der Waals surface area contributed by atoms with E-state index in [1.807, 2.05) is 31.2 Å². The van der Waals surface area contributed by atoms with Gasteiger partial charge in [-0.2, -0.15) is 0 Å². The maximum absolute atomic E-state index is 5.32. The molecule has 0 aliphatic rings. The zero-order chi connectivity index (χ0) is 12.3. The minimum absolute atomic E-state index is 0.428. The lowest BCUT2D eigenvalue weighted by Crippen LogP contribution is -2.43. The third kappa shape index (κ3) is 2.32. The Bertz CT molecular complexity index is 542. The van der Waals surface area contributed by atoms with Crippen LogP contribution in [0.25, 0.3) is 11.0 Å². The Morgan fingerprint density at radius 3 is 2.76 bits per heavy atom. The molecule has 0 bridgehead atoms. The van der Waals surface area contributed by atoms with Crippen LogP contribution in [0.1, 0.15) is 6.92 Å². The van der Waals surface area contributed by atoms with Gasteiger partial charge in [0.2, 0.25) is 0 Å². The van der Waals surface area contributed by atoms with Crippen LogP contribution in [0.4, 0.5) is 5.82 Å². The summed E-state index contributed by atoms with van der Waals surface area (Å²) >= 11 is 5.10. The van der Waals surface area contributed by atoms with Crippen LogP contribution < -0.4 is 16.2 Å². The molecule has 88 valence electrons. The topological polar surface area (TPSA) is 67.1 Å². The smallest absolute Gasteiger partial charge is 0.188 e. The number of hydrogen-bond acceptors (Lipinski definition) is 4. The van der Waals surface area contributed by atoms with Gasteiger partial charge in [0.1, 0.15) is 0 Å². The molecule has 3 N–H and O–H groups in total. The lowest BCUT2D eigenvalue weighted by molar-refractivity contribution is 0.944. The Hall–Kier alpha value is -1.79. The van der Waals surface area contributed by atoms with Gasteiger partial charge >= 0.3 is 0 Å². The summed E-state index contributed by atoms with van der Waals surface area (Å²) in [5.74, 6) is 6.01. The van der Waals surface area contributed by atoms with E-state index in [0.717, 1.165) is 11.0 Å². The summed E-state index contributed by atoms with van der Waals surface area (Å²) < 4.78 is 0. The number of para-hydroxylation sites is 2. The van der Waals surface area contributed by atoms with Crippen molar-refractivity contribution in [3.8, 4) is 0 Å². The van der Waals surface area contributed by atoms with Gasteiger partial charge in [-0.05, 0) is 31.3 Å². The molecule has 0 atom stereocenters. The first-order chi connectivity index (χ1) is 8.26. The lowest BCUT2D eigenvalue weighted by atomic mass is 10.3. The van der Waals surface area contributed by atoms with Crippen molar-refractivity contribution in [2.75, 3.05) is 11.4 Å². The molecule has 1 heterocycles. The molecule has 0 fully saturated rings. The van der Waals surface area contributed by atoms with E-state index in [1.165, 1.54) is 0 Å². The molecular weight excluding hydrogens is 234 g/mol. The first kappa shape index (κ1) is 11.7. The third-order valence-corrected chi connectivity index (χ3v) is 2.74. The number of aromatic nitrogens is 2. The molecule has 2 rings (SSSR count). The van der Waals surface area contributed by atoms with Gasteiger partial charge in [0.05, 0.1) is 17.2 Å². The molecule has 0 aliphatic carbocycles. The normalized spacial score (nSPS) is 10.2. The predicted octanol–water partition coefficient (Wildman–Crippen LogP) is 1.20. The quantitative estimate of drug-likeness (QED) is 0.472. The van der Waals surface area contributed by atoms with Crippen LogP contribution in [0.2, 0.25) is 0 Å². The predicted molar refractivity (Wildman–Crippen MR) is 72.5 cm³/mol. The van der Waals surface area contributed by atoms with Gasteiger partial charge in [-0.15, -0.1) is 0 Å². The molecule has 6 heteroatoms.